The van der Waals surface area contributed by atoms with Crippen molar-refractivity contribution >= 4 is 17.6 Å². The molecule has 0 saturated heterocycles. The molecule has 0 saturated carbocycles. The van der Waals surface area contributed by atoms with E-state index in [1.807, 2.05) is 6.92 Å². The average molecular weight is 279 g/mol. The number of hydrogen-bond donors (Lipinski definition) is 0. The second-order valence-corrected chi connectivity index (χ2v) is 4.24. The Bertz CT molecular complexity index is 455. The van der Waals surface area contributed by atoms with Crippen LogP contribution >= 0.6 is 0 Å². The lowest BCUT2D eigenvalue weighted by Crippen LogP contribution is -2.43. The number of rotatable bonds is 6. The third-order valence-electron chi connectivity index (χ3n) is 2.78. The Hall–Kier alpha value is -2.04. The molecule has 5 heteroatoms. The number of hydrogen-bond acceptors (Lipinski definition) is 4. The van der Waals surface area contributed by atoms with Crippen molar-refractivity contribution < 1.29 is 19.1 Å². The van der Waals surface area contributed by atoms with Gasteiger partial charge in [0.2, 0.25) is 5.91 Å². The zero-order valence-corrected chi connectivity index (χ0v) is 12.4. The van der Waals surface area contributed by atoms with Crippen LogP contribution in [0, 0.1) is 0 Å². The Kier molecular flexibility index (Phi) is 6.03. The van der Waals surface area contributed by atoms with Gasteiger partial charge in [-0.2, -0.15) is 0 Å². The van der Waals surface area contributed by atoms with E-state index >= 15 is 0 Å². The average Bonchev–Trinajstić information content (AvgIpc) is 2.41. The summed E-state index contributed by atoms with van der Waals surface area (Å²) in [6.07, 6.45) is 0. The highest BCUT2D eigenvalue weighted by molar-refractivity contribution is 5.98. The predicted octanol–water partition coefficient (Wildman–Crippen LogP) is 2.39. The van der Waals surface area contributed by atoms with Crippen molar-refractivity contribution in [3.8, 4) is 5.75 Å². The van der Waals surface area contributed by atoms with E-state index in [0.717, 1.165) is 5.75 Å². The van der Waals surface area contributed by atoms with Gasteiger partial charge in [-0.3, -0.25) is 9.69 Å². The SMILES string of the molecule is CCOC(=O)[C@H](C)N(C(C)=O)c1ccc(OCC)cc1. The first-order valence-corrected chi connectivity index (χ1v) is 6.70. The van der Waals surface area contributed by atoms with Crippen LogP contribution in [0.3, 0.4) is 0 Å². The lowest BCUT2D eigenvalue weighted by molar-refractivity contribution is -0.145. The minimum Gasteiger partial charge on any atom is -0.494 e. The second-order valence-electron chi connectivity index (χ2n) is 4.24. The predicted molar refractivity (Wildman–Crippen MR) is 76.9 cm³/mol. The van der Waals surface area contributed by atoms with Gasteiger partial charge in [0.05, 0.1) is 13.2 Å². The van der Waals surface area contributed by atoms with E-state index in [9.17, 15) is 9.59 Å². The number of benzene rings is 1. The molecule has 0 aromatic heterocycles. The van der Waals surface area contributed by atoms with Crippen molar-refractivity contribution in [2.75, 3.05) is 18.1 Å². The van der Waals surface area contributed by atoms with E-state index in [0.29, 0.717) is 12.3 Å². The van der Waals surface area contributed by atoms with Gasteiger partial charge in [0.15, 0.2) is 0 Å². The zero-order chi connectivity index (χ0) is 15.1. The number of carbonyl (C=O) groups excluding carboxylic acids is 2. The van der Waals surface area contributed by atoms with Crippen LogP contribution in [0.5, 0.6) is 5.75 Å². The zero-order valence-electron chi connectivity index (χ0n) is 12.4. The van der Waals surface area contributed by atoms with Crippen molar-refractivity contribution in [3.63, 3.8) is 0 Å². The van der Waals surface area contributed by atoms with Crippen LogP contribution in [-0.2, 0) is 14.3 Å². The molecule has 1 atom stereocenters. The Morgan fingerprint density at radius 3 is 2.20 bits per heavy atom. The quantitative estimate of drug-likeness (QED) is 0.750. The summed E-state index contributed by atoms with van der Waals surface area (Å²) >= 11 is 0. The summed E-state index contributed by atoms with van der Waals surface area (Å²) in [5.41, 5.74) is 0.640. The van der Waals surface area contributed by atoms with Gasteiger partial charge in [0.25, 0.3) is 0 Å². The summed E-state index contributed by atoms with van der Waals surface area (Å²) in [7, 11) is 0. The minimum absolute atomic E-state index is 0.213. The highest BCUT2D eigenvalue weighted by Crippen LogP contribution is 2.22. The number of esters is 1. The molecule has 0 N–H and O–H groups in total. The molecule has 1 amide bonds. The summed E-state index contributed by atoms with van der Waals surface area (Å²) in [6, 6.07) is 6.38. The summed E-state index contributed by atoms with van der Waals surface area (Å²) < 4.78 is 10.3. The summed E-state index contributed by atoms with van der Waals surface area (Å²) in [5, 5.41) is 0. The smallest absolute Gasteiger partial charge is 0.328 e. The maximum atomic E-state index is 11.8. The first kappa shape index (κ1) is 16.0. The molecule has 0 radical (unpaired) electrons. The van der Waals surface area contributed by atoms with Crippen LogP contribution in [0.15, 0.2) is 24.3 Å². The Balaban J connectivity index is 2.95. The molecule has 0 aliphatic rings. The minimum atomic E-state index is -0.662. The number of anilines is 1. The van der Waals surface area contributed by atoms with Gasteiger partial charge < -0.3 is 9.47 Å². The van der Waals surface area contributed by atoms with Crippen LogP contribution in [0.4, 0.5) is 5.69 Å². The Labute approximate surface area is 119 Å². The van der Waals surface area contributed by atoms with Crippen molar-refractivity contribution in [1.82, 2.24) is 0 Å². The largest absolute Gasteiger partial charge is 0.494 e. The molecule has 20 heavy (non-hydrogen) atoms. The fraction of sp³-hybridized carbons (Fsp3) is 0.467. The van der Waals surface area contributed by atoms with Gasteiger partial charge in [-0.05, 0) is 45.0 Å². The third-order valence-corrected chi connectivity index (χ3v) is 2.78. The van der Waals surface area contributed by atoms with Crippen LogP contribution in [0.25, 0.3) is 0 Å². The van der Waals surface area contributed by atoms with Gasteiger partial charge in [-0.25, -0.2) is 4.79 Å². The molecule has 0 aliphatic carbocycles. The van der Waals surface area contributed by atoms with Crippen molar-refractivity contribution in [1.29, 1.82) is 0 Å². The first-order valence-electron chi connectivity index (χ1n) is 6.70. The maximum absolute atomic E-state index is 11.8. The third kappa shape index (κ3) is 3.98. The van der Waals surface area contributed by atoms with Gasteiger partial charge in [0, 0.05) is 12.6 Å². The lowest BCUT2D eigenvalue weighted by Gasteiger charge is -2.26. The molecule has 0 unspecified atom stereocenters. The van der Waals surface area contributed by atoms with Gasteiger partial charge in [-0.15, -0.1) is 0 Å². The first-order chi connectivity index (χ1) is 9.51. The van der Waals surface area contributed by atoms with Gasteiger partial charge in [0.1, 0.15) is 11.8 Å². The van der Waals surface area contributed by atoms with E-state index in [-0.39, 0.29) is 12.5 Å². The summed E-state index contributed by atoms with van der Waals surface area (Å²) in [4.78, 5) is 25.0. The van der Waals surface area contributed by atoms with E-state index in [1.165, 1.54) is 11.8 Å². The number of nitrogens with zero attached hydrogens (tertiary/aromatic N) is 1. The second kappa shape index (κ2) is 7.53. The molecule has 1 aromatic carbocycles. The Morgan fingerprint density at radius 2 is 1.75 bits per heavy atom. The van der Waals surface area contributed by atoms with E-state index < -0.39 is 12.0 Å². The molecule has 0 fully saturated rings. The topological polar surface area (TPSA) is 55.8 Å². The van der Waals surface area contributed by atoms with Crippen molar-refractivity contribution in [2.24, 2.45) is 0 Å². The van der Waals surface area contributed by atoms with Crippen LogP contribution in [0.2, 0.25) is 0 Å². The Morgan fingerprint density at radius 1 is 1.15 bits per heavy atom. The fourth-order valence-corrected chi connectivity index (χ4v) is 1.92. The molecule has 1 rings (SSSR count). The van der Waals surface area contributed by atoms with Crippen LogP contribution in [0.1, 0.15) is 27.7 Å². The lowest BCUT2D eigenvalue weighted by atomic mass is 10.2. The summed E-state index contributed by atoms with van der Waals surface area (Å²) in [5.74, 6) is 0.0924. The number of amides is 1. The van der Waals surface area contributed by atoms with Gasteiger partial charge >= 0.3 is 5.97 Å². The molecule has 110 valence electrons. The molecule has 0 heterocycles. The van der Waals surface area contributed by atoms with Crippen LogP contribution in [-0.4, -0.2) is 31.1 Å². The monoisotopic (exact) mass is 279 g/mol. The number of carbonyl (C=O) groups is 2. The molecular formula is C15H21NO4. The molecular weight excluding hydrogens is 258 g/mol. The van der Waals surface area contributed by atoms with Crippen molar-refractivity contribution in [2.45, 2.75) is 33.7 Å². The highest BCUT2D eigenvalue weighted by atomic mass is 16.5. The molecule has 0 spiro atoms. The highest BCUT2D eigenvalue weighted by Gasteiger charge is 2.26. The molecule has 5 nitrogen and oxygen atoms in total. The van der Waals surface area contributed by atoms with E-state index in [2.05, 4.69) is 0 Å². The van der Waals surface area contributed by atoms with Crippen LogP contribution < -0.4 is 9.64 Å². The van der Waals surface area contributed by atoms with E-state index in [4.69, 9.17) is 9.47 Å². The fourth-order valence-electron chi connectivity index (χ4n) is 1.92. The normalized spacial score (nSPS) is 11.6. The van der Waals surface area contributed by atoms with Crippen molar-refractivity contribution in [3.05, 3.63) is 24.3 Å². The molecule has 1 aromatic rings. The standard InChI is InChI=1S/C15H21NO4/c1-5-19-14-9-7-13(8-10-14)16(12(4)17)11(3)15(18)20-6-2/h7-11H,5-6H2,1-4H3/t11-/m0/s1. The van der Waals surface area contributed by atoms with E-state index in [1.54, 1.807) is 38.1 Å². The summed E-state index contributed by atoms with van der Waals surface area (Å²) in [6.45, 7) is 7.58. The molecule has 0 bridgehead atoms. The molecule has 0 aliphatic heterocycles. The maximum Gasteiger partial charge on any atom is 0.328 e. The van der Waals surface area contributed by atoms with Gasteiger partial charge in [-0.1, -0.05) is 0 Å². The number of ether oxygens (including phenoxy) is 2.